The lowest BCUT2D eigenvalue weighted by Gasteiger charge is -2.17. The van der Waals surface area contributed by atoms with Gasteiger partial charge in [0.1, 0.15) is 5.01 Å². The van der Waals surface area contributed by atoms with E-state index < -0.39 is 0 Å². The quantitative estimate of drug-likeness (QED) is 0.797. The van der Waals surface area contributed by atoms with E-state index >= 15 is 0 Å². The molecule has 1 heterocycles. The summed E-state index contributed by atoms with van der Waals surface area (Å²) in [6.45, 7) is 13.0. The summed E-state index contributed by atoms with van der Waals surface area (Å²) in [4.78, 5) is 5.84. The van der Waals surface area contributed by atoms with Gasteiger partial charge in [0, 0.05) is 11.4 Å². The van der Waals surface area contributed by atoms with Crippen LogP contribution in [0.5, 0.6) is 0 Å². The molecule has 0 unspecified atom stereocenters. The molecule has 0 saturated heterocycles. The number of nitrogens with zero attached hydrogens (tertiary/aromatic N) is 1. The van der Waals surface area contributed by atoms with Crippen LogP contribution in [0.15, 0.2) is 0 Å². The van der Waals surface area contributed by atoms with Gasteiger partial charge < -0.3 is 5.32 Å². The van der Waals surface area contributed by atoms with Crippen molar-refractivity contribution in [3.05, 3.63) is 15.6 Å². The highest BCUT2D eigenvalue weighted by molar-refractivity contribution is 7.11. The van der Waals surface area contributed by atoms with E-state index in [9.17, 15) is 0 Å². The third-order valence-electron chi connectivity index (χ3n) is 2.40. The maximum absolute atomic E-state index is 4.50. The number of nitrogens with one attached hydrogen (secondary N) is 1. The minimum atomic E-state index is 0.418. The molecule has 0 aliphatic heterocycles. The molecule has 0 aromatic carbocycles. The molecule has 1 aromatic rings. The third-order valence-corrected chi connectivity index (χ3v) is 3.47. The minimum Gasteiger partial charge on any atom is -0.310 e. The van der Waals surface area contributed by atoms with Crippen LogP contribution >= 0.6 is 11.3 Å². The smallest absolute Gasteiger partial charge is 0.107 e. The van der Waals surface area contributed by atoms with Gasteiger partial charge in [-0.25, -0.2) is 4.98 Å². The van der Waals surface area contributed by atoms with Crippen molar-refractivity contribution in [1.29, 1.82) is 0 Å². The molecule has 0 saturated carbocycles. The van der Waals surface area contributed by atoms with Crippen molar-refractivity contribution < 1.29 is 0 Å². The molecule has 0 bridgehead atoms. The van der Waals surface area contributed by atoms with Gasteiger partial charge in [-0.05, 0) is 32.2 Å². The molecule has 1 rings (SSSR count). The van der Waals surface area contributed by atoms with Gasteiger partial charge in [0.2, 0.25) is 0 Å². The molecule has 0 atom stereocenters. The highest BCUT2D eigenvalue weighted by Crippen LogP contribution is 2.18. The molecule has 0 aliphatic rings. The van der Waals surface area contributed by atoms with Crippen LogP contribution in [-0.2, 0) is 6.54 Å². The van der Waals surface area contributed by atoms with Crippen LogP contribution in [0.25, 0.3) is 0 Å². The fourth-order valence-electron chi connectivity index (χ4n) is 1.27. The zero-order valence-electron chi connectivity index (χ0n) is 10.5. The topological polar surface area (TPSA) is 24.9 Å². The number of rotatable bonds is 4. The summed E-state index contributed by atoms with van der Waals surface area (Å²) >= 11 is 1.80. The Bertz CT molecular complexity index is 290. The van der Waals surface area contributed by atoms with Gasteiger partial charge in [-0.15, -0.1) is 11.3 Å². The maximum Gasteiger partial charge on any atom is 0.107 e. The molecule has 0 spiro atoms. The molecule has 0 amide bonds. The predicted octanol–water partition coefficient (Wildman–Crippen LogP) is 3.29. The number of aromatic nitrogens is 1. The lowest BCUT2D eigenvalue weighted by molar-refractivity contribution is 0.366. The Labute approximate surface area is 97.1 Å². The summed E-state index contributed by atoms with van der Waals surface area (Å²) in [6.07, 6.45) is 1.20. The molecule has 0 aliphatic carbocycles. The largest absolute Gasteiger partial charge is 0.310 e. The molecule has 0 radical (unpaired) electrons. The van der Waals surface area contributed by atoms with Gasteiger partial charge in [-0.2, -0.15) is 0 Å². The molecule has 1 aromatic heterocycles. The van der Waals surface area contributed by atoms with Gasteiger partial charge in [0.25, 0.3) is 0 Å². The summed E-state index contributed by atoms with van der Waals surface area (Å²) < 4.78 is 0. The van der Waals surface area contributed by atoms with Crippen LogP contribution in [0.4, 0.5) is 0 Å². The van der Waals surface area contributed by atoms with Gasteiger partial charge in [-0.1, -0.05) is 20.8 Å². The Morgan fingerprint density at radius 2 is 1.93 bits per heavy atom. The van der Waals surface area contributed by atoms with Gasteiger partial charge in [0.15, 0.2) is 0 Å². The van der Waals surface area contributed by atoms with E-state index in [1.54, 1.807) is 11.3 Å². The number of hydrogen-bond acceptors (Lipinski definition) is 3. The van der Waals surface area contributed by atoms with Crippen molar-refractivity contribution in [3.63, 3.8) is 0 Å². The summed E-state index contributed by atoms with van der Waals surface area (Å²) in [6, 6.07) is 0. The normalized spacial score (nSPS) is 12.1. The van der Waals surface area contributed by atoms with Crippen LogP contribution in [0.1, 0.15) is 42.8 Å². The zero-order valence-corrected chi connectivity index (χ0v) is 11.3. The SMILES string of the molecule is Cc1nc(CNCCC(C)(C)C)sc1C. The molecule has 15 heavy (non-hydrogen) atoms. The Kier molecular flexibility index (Phi) is 4.29. The van der Waals surface area contributed by atoms with E-state index in [-0.39, 0.29) is 0 Å². The average molecular weight is 226 g/mol. The number of thiazole rings is 1. The lowest BCUT2D eigenvalue weighted by atomic mass is 9.92. The molecule has 0 fully saturated rings. The number of hydrogen-bond donors (Lipinski definition) is 1. The van der Waals surface area contributed by atoms with Crippen molar-refractivity contribution in [1.82, 2.24) is 10.3 Å². The highest BCUT2D eigenvalue weighted by atomic mass is 32.1. The van der Waals surface area contributed by atoms with E-state index in [2.05, 4.69) is 44.9 Å². The zero-order chi connectivity index (χ0) is 11.5. The second kappa shape index (κ2) is 5.08. The third kappa shape index (κ3) is 4.76. The maximum atomic E-state index is 4.50. The minimum absolute atomic E-state index is 0.418. The Morgan fingerprint density at radius 3 is 2.40 bits per heavy atom. The Hall–Kier alpha value is -0.410. The van der Waals surface area contributed by atoms with E-state index in [0.29, 0.717) is 5.41 Å². The predicted molar refractivity (Wildman–Crippen MR) is 67.4 cm³/mol. The monoisotopic (exact) mass is 226 g/mol. The fourth-order valence-corrected chi connectivity index (χ4v) is 2.18. The van der Waals surface area contributed by atoms with Crippen molar-refractivity contribution in [3.8, 4) is 0 Å². The van der Waals surface area contributed by atoms with Crippen LogP contribution in [0.2, 0.25) is 0 Å². The van der Waals surface area contributed by atoms with Crippen LogP contribution in [0, 0.1) is 19.3 Å². The van der Waals surface area contributed by atoms with Crippen LogP contribution in [0.3, 0.4) is 0 Å². The van der Waals surface area contributed by atoms with E-state index in [1.807, 2.05) is 0 Å². The molecular formula is C12H22N2S. The fraction of sp³-hybridized carbons (Fsp3) is 0.750. The Balaban J connectivity index is 2.26. The molecule has 3 heteroatoms. The van der Waals surface area contributed by atoms with Gasteiger partial charge >= 0.3 is 0 Å². The van der Waals surface area contributed by atoms with Crippen molar-refractivity contribution in [2.45, 2.75) is 47.6 Å². The summed E-state index contributed by atoms with van der Waals surface area (Å²) in [5, 5.41) is 4.65. The van der Waals surface area contributed by atoms with E-state index in [0.717, 1.165) is 13.1 Å². The standard InChI is InChI=1S/C12H22N2S/c1-9-10(2)15-11(14-9)8-13-7-6-12(3,4)5/h13H,6-8H2,1-5H3. The first-order valence-corrected chi connectivity index (χ1v) is 6.34. The van der Waals surface area contributed by atoms with Gasteiger partial charge in [-0.3, -0.25) is 0 Å². The first kappa shape index (κ1) is 12.7. The molecular weight excluding hydrogens is 204 g/mol. The second-order valence-corrected chi connectivity index (χ2v) is 6.52. The number of aryl methyl sites for hydroxylation is 2. The molecule has 86 valence electrons. The van der Waals surface area contributed by atoms with E-state index in [4.69, 9.17) is 0 Å². The second-order valence-electron chi connectivity index (χ2n) is 5.24. The molecule has 1 N–H and O–H groups in total. The first-order chi connectivity index (χ1) is 6.88. The van der Waals surface area contributed by atoms with E-state index in [1.165, 1.54) is 22.0 Å². The van der Waals surface area contributed by atoms with Crippen molar-refractivity contribution in [2.75, 3.05) is 6.54 Å². The lowest BCUT2D eigenvalue weighted by Crippen LogP contribution is -2.20. The first-order valence-electron chi connectivity index (χ1n) is 5.52. The van der Waals surface area contributed by atoms with Crippen LogP contribution < -0.4 is 5.32 Å². The summed E-state index contributed by atoms with van der Waals surface area (Å²) in [5.74, 6) is 0. The molecule has 2 nitrogen and oxygen atoms in total. The van der Waals surface area contributed by atoms with Crippen molar-refractivity contribution >= 4 is 11.3 Å². The summed E-state index contributed by atoms with van der Waals surface area (Å²) in [7, 11) is 0. The highest BCUT2D eigenvalue weighted by Gasteiger charge is 2.09. The Morgan fingerprint density at radius 1 is 1.27 bits per heavy atom. The summed E-state index contributed by atoms with van der Waals surface area (Å²) in [5.41, 5.74) is 1.59. The van der Waals surface area contributed by atoms with Crippen LogP contribution in [-0.4, -0.2) is 11.5 Å². The average Bonchev–Trinajstić information content (AvgIpc) is 2.39. The van der Waals surface area contributed by atoms with Gasteiger partial charge in [0.05, 0.1) is 5.69 Å². The van der Waals surface area contributed by atoms with Crippen molar-refractivity contribution in [2.24, 2.45) is 5.41 Å².